The maximum Gasteiger partial charge on any atom is 0.241 e. The number of nitrogens with one attached hydrogen (secondary N) is 3. The number of halogens is 1. The zero-order valence-electron chi connectivity index (χ0n) is 17.5. The number of hydrogen-bond donors (Lipinski definition) is 4. The largest absolute Gasteiger partial charge is 0.396 e. The molecule has 0 aliphatic carbocycles. The summed E-state index contributed by atoms with van der Waals surface area (Å²) in [6.45, 7) is 7.41. The molecule has 2 rings (SSSR count). The van der Waals surface area contributed by atoms with Gasteiger partial charge in [-0.1, -0.05) is 30.3 Å². The first kappa shape index (κ1) is 26.8. The van der Waals surface area contributed by atoms with Gasteiger partial charge in [0, 0.05) is 35.3 Å². The van der Waals surface area contributed by atoms with E-state index < -0.39 is 10.0 Å². The Labute approximate surface area is 200 Å². The molecule has 1 aromatic heterocycles. The smallest absolute Gasteiger partial charge is 0.241 e. The van der Waals surface area contributed by atoms with E-state index in [1.807, 2.05) is 51.1 Å². The van der Waals surface area contributed by atoms with Gasteiger partial charge in [-0.3, -0.25) is 4.99 Å². The number of aryl methyl sites for hydroxylation is 2. The van der Waals surface area contributed by atoms with Crippen LogP contribution in [-0.2, 0) is 10.0 Å². The first-order valence-electron chi connectivity index (χ1n) is 9.62. The SMILES string of the molecule is CCNC(=NCC(CO)c1ccccc1)NCCNS(=O)(=O)c1cc(C)sc1C.I. The molecule has 0 saturated heterocycles. The van der Waals surface area contributed by atoms with Crippen molar-refractivity contribution in [3.63, 3.8) is 0 Å². The number of aliphatic imine (C=N–C) groups is 1. The number of sulfonamides is 1. The van der Waals surface area contributed by atoms with Gasteiger partial charge in [-0.2, -0.15) is 0 Å². The predicted octanol–water partition coefficient (Wildman–Crippen LogP) is 2.59. The van der Waals surface area contributed by atoms with Gasteiger partial charge in [0.1, 0.15) is 0 Å². The number of nitrogens with zero attached hydrogens (tertiary/aromatic N) is 1. The van der Waals surface area contributed by atoms with Crippen LogP contribution in [0.1, 0.15) is 28.2 Å². The van der Waals surface area contributed by atoms with E-state index in [1.54, 1.807) is 6.07 Å². The van der Waals surface area contributed by atoms with Crippen LogP contribution in [-0.4, -0.2) is 52.3 Å². The monoisotopic (exact) mass is 566 g/mol. The highest BCUT2D eigenvalue weighted by Crippen LogP contribution is 2.24. The first-order chi connectivity index (χ1) is 13.9. The lowest BCUT2D eigenvalue weighted by atomic mass is 10.0. The second-order valence-corrected chi connectivity index (χ2v) is 9.81. The van der Waals surface area contributed by atoms with Crippen LogP contribution < -0.4 is 15.4 Å². The number of aliphatic hydroxyl groups is 1. The average Bonchev–Trinajstić information content (AvgIpc) is 3.05. The molecular weight excluding hydrogens is 535 g/mol. The van der Waals surface area contributed by atoms with E-state index in [1.165, 1.54) is 11.3 Å². The fraction of sp³-hybridized carbons (Fsp3) is 0.450. The molecule has 0 saturated carbocycles. The summed E-state index contributed by atoms with van der Waals surface area (Å²) in [6, 6.07) is 11.5. The predicted molar refractivity (Wildman–Crippen MR) is 135 cm³/mol. The molecule has 0 aliphatic rings. The third-order valence-corrected chi connectivity index (χ3v) is 6.98. The fourth-order valence-electron chi connectivity index (χ4n) is 2.86. The molecule has 0 bridgehead atoms. The van der Waals surface area contributed by atoms with Gasteiger partial charge in [-0.25, -0.2) is 13.1 Å². The summed E-state index contributed by atoms with van der Waals surface area (Å²) >= 11 is 1.47. The summed E-state index contributed by atoms with van der Waals surface area (Å²) in [4.78, 5) is 6.63. The summed E-state index contributed by atoms with van der Waals surface area (Å²) in [5.74, 6) is 0.499. The number of benzene rings is 1. The summed E-state index contributed by atoms with van der Waals surface area (Å²) in [5.41, 5.74) is 1.03. The Balaban J connectivity index is 0.00000450. The Bertz CT molecular complexity index is 902. The topological polar surface area (TPSA) is 103 Å². The van der Waals surface area contributed by atoms with E-state index in [9.17, 15) is 13.5 Å². The number of rotatable bonds is 10. The Kier molecular flexibility index (Phi) is 11.9. The van der Waals surface area contributed by atoms with Gasteiger partial charge >= 0.3 is 0 Å². The van der Waals surface area contributed by atoms with Gasteiger partial charge in [-0.15, -0.1) is 35.3 Å². The minimum absolute atomic E-state index is 0. The quantitative estimate of drug-likeness (QED) is 0.153. The molecule has 2 aromatic rings. The van der Waals surface area contributed by atoms with Crippen molar-refractivity contribution in [2.75, 3.05) is 32.8 Å². The Morgan fingerprint density at radius 3 is 2.43 bits per heavy atom. The molecule has 0 radical (unpaired) electrons. The Hall–Kier alpha value is -1.21. The van der Waals surface area contributed by atoms with Gasteiger partial charge in [0.05, 0.1) is 18.0 Å². The highest BCUT2D eigenvalue weighted by Gasteiger charge is 2.18. The molecular formula is C20H31IN4O3S2. The molecule has 10 heteroatoms. The molecule has 7 nitrogen and oxygen atoms in total. The van der Waals surface area contributed by atoms with E-state index in [2.05, 4.69) is 20.3 Å². The van der Waals surface area contributed by atoms with E-state index in [-0.39, 0.29) is 43.0 Å². The van der Waals surface area contributed by atoms with Crippen molar-refractivity contribution < 1.29 is 13.5 Å². The molecule has 4 N–H and O–H groups in total. The number of hydrogen-bond acceptors (Lipinski definition) is 5. The van der Waals surface area contributed by atoms with Crippen LogP contribution in [0.2, 0.25) is 0 Å². The lowest BCUT2D eigenvalue weighted by molar-refractivity contribution is 0.268. The number of guanidine groups is 1. The normalized spacial score (nSPS) is 12.9. The lowest BCUT2D eigenvalue weighted by Crippen LogP contribution is -2.41. The molecule has 0 amide bonds. The molecule has 1 heterocycles. The third kappa shape index (κ3) is 8.14. The zero-order chi connectivity index (χ0) is 21.3. The van der Waals surface area contributed by atoms with Crippen molar-refractivity contribution in [1.29, 1.82) is 0 Å². The van der Waals surface area contributed by atoms with Crippen LogP contribution >= 0.6 is 35.3 Å². The molecule has 0 aliphatic heterocycles. The molecule has 168 valence electrons. The highest BCUT2D eigenvalue weighted by molar-refractivity contribution is 14.0. The van der Waals surface area contributed by atoms with Gasteiger partial charge in [0.15, 0.2) is 5.96 Å². The molecule has 0 spiro atoms. The van der Waals surface area contributed by atoms with Crippen molar-refractivity contribution in [3.05, 3.63) is 51.7 Å². The third-order valence-electron chi connectivity index (χ3n) is 4.30. The average molecular weight is 567 g/mol. The molecule has 0 fully saturated rings. The Morgan fingerprint density at radius 2 is 1.87 bits per heavy atom. The maximum atomic E-state index is 12.4. The van der Waals surface area contributed by atoms with Gasteiger partial charge in [0.25, 0.3) is 0 Å². The van der Waals surface area contributed by atoms with Gasteiger partial charge in [-0.05, 0) is 32.4 Å². The van der Waals surface area contributed by atoms with E-state index in [4.69, 9.17) is 0 Å². The summed E-state index contributed by atoms with van der Waals surface area (Å²) in [5, 5.41) is 15.9. The van der Waals surface area contributed by atoms with Crippen LogP contribution in [0, 0.1) is 13.8 Å². The van der Waals surface area contributed by atoms with E-state index in [0.717, 1.165) is 15.3 Å². The lowest BCUT2D eigenvalue weighted by Gasteiger charge is -2.15. The zero-order valence-corrected chi connectivity index (χ0v) is 21.5. The fourth-order valence-corrected chi connectivity index (χ4v) is 5.44. The maximum absolute atomic E-state index is 12.4. The second kappa shape index (κ2) is 13.3. The minimum Gasteiger partial charge on any atom is -0.396 e. The summed E-state index contributed by atoms with van der Waals surface area (Å²) in [7, 11) is -3.52. The van der Waals surface area contributed by atoms with Crippen LogP contribution in [0.15, 0.2) is 46.3 Å². The molecule has 1 atom stereocenters. The van der Waals surface area contributed by atoms with E-state index >= 15 is 0 Å². The minimum atomic E-state index is -3.52. The molecule has 1 aromatic carbocycles. The van der Waals surface area contributed by atoms with Crippen LogP contribution in [0.4, 0.5) is 0 Å². The van der Waals surface area contributed by atoms with Crippen LogP contribution in [0.3, 0.4) is 0 Å². The van der Waals surface area contributed by atoms with Crippen molar-refractivity contribution in [2.45, 2.75) is 31.6 Å². The van der Waals surface area contributed by atoms with Crippen LogP contribution in [0.25, 0.3) is 0 Å². The van der Waals surface area contributed by atoms with Gasteiger partial charge in [0.2, 0.25) is 10.0 Å². The standard InChI is InChI=1S/C20H30N4O3S2.HI/c1-4-21-20(23-13-18(14-25)17-8-6-5-7-9-17)22-10-11-24-29(26,27)19-12-15(2)28-16(19)3;/h5-9,12,18,24-25H,4,10-11,13-14H2,1-3H3,(H2,21,22,23);1H. The van der Waals surface area contributed by atoms with Crippen molar-refractivity contribution in [3.8, 4) is 0 Å². The van der Waals surface area contributed by atoms with Crippen molar-refractivity contribution >= 4 is 51.3 Å². The van der Waals surface area contributed by atoms with Crippen molar-refractivity contribution in [2.24, 2.45) is 4.99 Å². The first-order valence-corrected chi connectivity index (χ1v) is 11.9. The number of thiophene rings is 1. The van der Waals surface area contributed by atoms with Crippen molar-refractivity contribution in [1.82, 2.24) is 15.4 Å². The molecule has 30 heavy (non-hydrogen) atoms. The van der Waals surface area contributed by atoms with Gasteiger partial charge < -0.3 is 15.7 Å². The Morgan fingerprint density at radius 1 is 1.17 bits per heavy atom. The highest BCUT2D eigenvalue weighted by atomic mass is 127. The van der Waals surface area contributed by atoms with Crippen LogP contribution in [0.5, 0.6) is 0 Å². The summed E-state index contributed by atoms with van der Waals surface area (Å²) in [6.07, 6.45) is 0. The number of aliphatic hydroxyl groups excluding tert-OH is 1. The van der Waals surface area contributed by atoms with E-state index in [0.29, 0.717) is 30.5 Å². The summed E-state index contributed by atoms with van der Waals surface area (Å²) < 4.78 is 27.5. The molecule has 1 unspecified atom stereocenters. The second-order valence-electron chi connectivity index (χ2n) is 6.61.